The molecule has 2 aliphatic carbocycles. The Labute approximate surface area is 96.2 Å². The largest absolute Gasteiger partial charge is 0.303 e. The smallest absolute Gasteiger partial charge is 0.127 e. The van der Waals surface area contributed by atoms with Gasteiger partial charge in [-0.1, -0.05) is 49.4 Å². The summed E-state index contributed by atoms with van der Waals surface area (Å²) >= 11 is 0. The molecular weight excluding hydrogens is 196 g/mol. The summed E-state index contributed by atoms with van der Waals surface area (Å²) in [6, 6.07) is 10.5. The Morgan fingerprint density at radius 2 is 2.00 bits per heavy atom. The standard InChI is InChI=1S/C15H16O/c1-15(10-16)13-8-7-12(9-13)14(15)11-5-3-2-4-6-11/h2-8,10,12-14H,9H2,1H3/t12-,13+,14-,15+/m0/s1. The summed E-state index contributed by atoms with van der Waals surface area (Å²) in [6.07, 6.45) is 6.86. The van der Waals surface area contributed by atoms with E-state index in [4.69, 9.17) is 0 Å². The molecule has 1 nitrogen and oxygen atoms in total. The molecule has 2 bridgehead atoms. The van der Waals surface area contributed by atoms with Crippen LogP contribution in [0.2, 0.25) is 0 Å². The molecule has 4 atom stereocenters. The van der Waals surface area contributed by atoms with Gasteiger partial charge in [0, 0.05) is 11.3 Å². The minimum atomic E-state index is -0.194. The zero-order valence-electron chi connectivity index (χ0n) is 9.47. The maximum atomic E-state index is 11.5. The molecule has 1 heteroatoms. The molecule has 16 heavy (non-hydrogen) atoms. The van der Waals surface area contributed by atoms with Crippen LogP contribution in [-0.2, 0) is 4.79 Å². The van der Waals surface area contributed by atoms with Gasteiger partial charge in [0.1, 0.15) is 6.29 Å². The number of carbonyl (C=O) groups is 1. The predicted molar refractivity (Wildman–Crippen MR) is 64.1 cm³/mol. The third kappa shape index (κ3) is 1.14. The van der Waals surface area contributed by atoms with Crippen LogP contribution in [0.15, 0.2) is 42.5 Å². The first-order chi connectivity index (χ1) is 7.75. The molecule has 0 aromatic heterocycles. The van der Waals surface area contributed by atoms with E-state index in [1.807, 2.05) is 6.07 Å². The van der Waals surface area contributed by atoms with Gasteiger partial charge in [0.25, 0.3) is 0 Å². The van der Waals surface area contributed by atoms with Crippen LogP contribution in [-0.4, -0.2) is 6.29 Å². The molecule has 0 radical (unpaired) electrons. The van der Waals surface area contributed by atoms with E-state index in [1.165, 1.54) is 11.8 Å². The van der Waals surface area contributed by atoms with Crippen LogP contribution in [0.4, 0.5) is 0 Å². The van der Waals surface area contributed by atoms with Crippen molar-refractivity contribution in [3.63, 3.8) is 0 Å². The topological polar surface area (TPSA) is 17.1 Å². The Bertz CT molecular complexity index is 434. The van der Waals surface area contributed by atoms with Gasteiger partial charge in [-0.2, -0.15) is 0 Å². The molecular formula is C15H16O. The number of hydrogen-bond acceptors (Lipinski definition) is 1. The molecule has 0 spiro atoms. The zero-order valence-corrected chi connectivity index (χ0v) is 9.47. The van der Waals surface area contributed by atoms with Crippen LogP contribution in [0.1, 0.15) is 24.8 Å². The first-order valence-corrected chi connectivity index (χ1v) is 5.95. The third-order valence-corrected chi connectivity index (χ3v) is 4.43. The average molecular weight is 212 g/mol. The van der Waals surface area contributed by atoms with E-state index < -0.39 is 0 Å². The normalized spacial score (nSPS) is 40.2. The second-order valence-electron chi connectivity index (χ2n) is 5.26. The van der Waals surface area contributed by atoms with Gasteiger partial charge in [0.2, 0.25) is 0 Å². The van der Waals surface area contributed by atoms with Crippen molar-refractivity contribution in [2.45, 2.75) is 19.3 Å². The summed E-state index contributed by atoms with van der Waals surface area (Å²) in [5.41, 5.74) is 1.12. The Hall–Kier alpha value is -1.37. The van der Waals surface area contributed by atoms with Crippen molar-refractivity contribution in [1.82, 2.24) is 0 Å². The van der Waals surface area contributed by atoms with Crippen molar-refractivity contribution in [2.24, 2.45) is 17.3 Å². The van der Waals surface area contributed by atoms with Crippen LogP contribution in [0, 0.1) is 17.3 Å². The molecule has 82 valence electrons. The van der Waals surface area contributed by atoms with Crippen molar-refractivity contribution < 1.29 is 4.79 Å². The fourth-order valence-electron chi connectivity index (χ4n) is 3.55. The lowest BCUT2D eigenvalue weighted by atomic mass is 9.68. The van der Waals surface area contributed by atoms with Crippen molar-refractivity contribution in [1.29, 1.82) is 0 Å². The zero-order chi connectivity index (χ0) is 11.2. The molecule has 0 heterocycles. The van der Waals surface area contributed by atoms with Crippen LogP contribution in [0.3, 0.4) is 0 Å². The van der Waals surface area contributed by atoms with Crippen molar-refractivity contribution in [2.75, 3.05) is 0 Å². The van der Waals surface area contributed by atoms with Gasteiger partial charge < -0.3 is 4.79 Å². The number of hydrogen-bond donors (Lipinski definition) is 0. The molecule has 0 unspecified atom stereocenters. The highest BCUT2D eigenvalue weighted by molar-refractivity contribution is 5.65. The van der Waals surface area contributed by atoms with E-state index in [2.05, 4.69) is 43.3 Å². The number of benzene rings is 1. The summed E-state index contributed by atoms with van der Waals surface area (Å²) in [4.78, 5) is 11.5. The summed E-state index contributed by atoms with van der Waals surface area (Å²) < 4.78 is 0. The Balaban J connectivity index is 2.07. The van der Waals surface area contributed by atoms with E-state index in [9.17, 15) is 4.79 Å². The average Bonchev–Trinajstić information content (AvgIpc) is 2.89. The molecule has 0 saturated heterocycles. The molecule has 0 aliphatic heterocycles. The summed E-state index contributed by atoms with van der Waals surface area (Å²) in [5.74, 6) is 1.38. The molecule has 1 saturated carbocycles. The van der Waals surface area contributed by atoms with Crippen LogP contribution < -0.4 is 0 Å². The summed E-state index contributed by atoms with van der Waals surface area (Å²) in [6.45, 7) is 2.12. The Morgan fingerprint density at radius 1 is 1.25 bits per heavy atom. The number of aldehydes is 1. The third-order valence-electron chi connectivity index (χ3n) is 4.43. The molecule has 0 amide bonds. The Kier molecular flexibility index (Phi) is 2.03. The van der Waals surface area contributed by atoms with Gasteiger partial charge in [-0.25, -0.2) is 0 Å². The fourth-order valence-corrected chi connectivity index (χ4v) is 3.55. The number of rotatable bonds is 2. The second-order valence-corrected chi connectivity index (χ2v) is 5.26. The number of carbonyl (C=O) groups excluding carboxylic acids is 1. The van der Waals surface area contributed by atoms with Crippen LogP contribution in [0.5, 0.6) is 0 Å². The van der Waals surface area contributed by atoms with Gasteiger partial charge in [-0.3, -0.25) is 0 Å². The first-order valence-electron chi connectivity index (χ1n) is 5.95. The van der Waals surface area contributed by atoms with Gasteiger partial charge in [-0.15, -0.1) is 0 Å². The van der Waals surface area contributed by atoms with Gasteiger partial charge >= 0.3 is 0 Å². The van der Waals surface area contributed by atoms with Gasteiger partial charge in [-0.05, 0) is 23.8 Å². The van der Waals surface area contributed by atoms with E-state index in [0.717, 1.165) is 6.42 Å². The summed E-state index contributed by atoms with van der Waals surface area (Å²) in [5, 5.41) is 0. The lowest BCUT2D eigenvalue weighted by Gasteiger charge is -2.34. The minimum Gasteiger partial charge on any atom is -0.303 e. The first kappa shape index (κ1) is 9.83. The Morgan fingerprint density at radius 3 is 2.69 bits per heavy atom. The number of fused-ring (bicyclic) bond motifs is 2. The number of allylic oxidation sites excluding steroid dienone is 2. The SMILES string of the molecule is C[C@@]1(C=O)[C@@H]2C=C[C@@H](C2)[C@@H]1c1ccccc1. The summed E-state index contributed by atoms with van der Waals surface area (Å²) in [7, 11) is 0. The molecule has 1 aromatic carbocycles. The lowest BCUT2D eigenvalue weighted by molar-refractivity contribution is -0.117. The molecule has 3 rings (SSSR count). The van der Waals surface area contributed by atoms with E-state index in [-0.39, 0.29) is 5.41 Å². The van der Waals surface area contributed by atoms with Crippen molar-refractivity contribution in [3.05, 3.63) is 48.0 Å². The highest BCUT2D eigenvalue weighted by Gasteiger charge is 2.53. The highest BCUT2D eigenvalue weighted by atomic mass is 16.1. The van der Waals surface area contributed by atoms with Crippen LogP contribution >= 0.6 is 0 Å². The fraction of sp³-hybridized carbons (Fsp3) is 0.400. The quantitative estimate of drug-likeness (QED) is 0.543. The predicted octanol–water partition coefficient (Wildman–Crippen LogP) is 3.18. The highest BCUT2D eigenvalue weighted by Crippen LogP contribution is 2.59. The van der Waals surface area contributed by atoms with E-state index in [0.29, 0.717) is 17.8 Å². The lowest BCUT2D eigenvalue weighted by Crippen LogP contribution is -2.31. The molecule has 0 N–H and O–H groups in total. The van der Waals surface area contributed by atoms with Gasteiger partial charge in [0.05, 0.1) is 0 Å². The van der Waals surface area contributed by atoms with Crippen LogP contribution in [0.25, 0.3) is 0 Å². The minimum absolute atomic E-state index is 0.194. The molecule has 1 aromatic rings. The molecule has 1 fully saturated rings. The molecule has 2 aliphatic rings. The maximum Gasteiger partial charge on any atom is 0.127 e. The second kappa shape index (κ2) is 3.31. The monoisotopic (exact) mass is 212 g/mol. The van der Waals surface area contributed by atoms with Crippen molar-refractivity contribution >= 4 is 6.29 Å². The van der Waals surface area contributed by atoms with E-state index in [1.54, 1.807) is 0 Å². The van der Waals surface area contributed by atoms with Crippen molar-refractivity contribution in [3.8, 4) is 0 Å². The maximum absolute atomic E-state index is 11.5. The van der Waals surface area contributed by atoms with E-state index >= 15 is 0 Å². The van der Waals surface area contributed by atoms with Gasteiger partial charge in [0.15, 0.2) is 0 Å².